The van der Waals surface area contributed by atoms with Crippen molar-refractivity contribution in [3.05, 3.63) is 100 Å². The van der Waals surface area contributed by atoms with Crippen molar-refractivity contribution in [1.29, 1.82) is 0 Å². The number of anilines is 2. The molecule has 5 aromatic rings. The van der Waals surface area contributed by atoms with Gasteiger partial charge < -0.3 is 20.7 Å². The minimum Gasteiger partial charge on any atom is -0.493 e. The zero-order valence-corrected chi connectivity index (χ0v) is 27.5. The van der Waals surface area contributed by atoms with E-state index in [0.29, 0.717) is 17.2 Å². The van der Waals surface area contributed by atoms with Crippen LogP contribution in [0.15, 0.2) is 77.7 Å². The minimum absolute atomic E-state index is 0.0192. The zero-order chi connectivity index (χ0) is 34.1. The van der Waals surface area contributed by atoms with Gasteiger partial charge in [-0.15, -0.1) is 0 Å². The van der Waals surface area contributed by atoms with E-state index in [-0.39, 0.29) is 35.7 Å². The average molecular weight is 651 g/mol. The maximum atomic E-state index is 13.6. The van der Waals surface area contributed by atoms with E-state index in [2.05, 4.69) is 22.5 Å². The molecule has 1 aliphatic heterocycles. The first-order valence-corrected chi connectivity index (χ1v) is 16.2. The molecule has 2 amide bonds. The van der Waals surface area contributed by atoms with Gasteiger partial charge in [0, 0.05) is 43.6 Å². The fourth-order valence-corrected chi connectivity index (χ4v) is 6.44. The molecule has 48 heavy (non-hydrogen) atoms. The number of carbonyl (C=O) groups is 2. The summed E-state index contributed by atoms with van der Waals surface area (Å²) in [7, 11) is 1.87. The third kappa shape index (κ3) is 6.27. The second-order valence-electron chi connectivity index (χ2n) is 12.4. The summed E-state index contributed by atoms with van der Waals surface area (Å²) in [5.74, 6) is -0.0306. The number of nitrogens with two attached hydrogens (primary N) is 1. The maximum absolute atomic E-state index is 13.6. The number of piperidine rings is 1. The van der Waals surface area contributed by atoms with Crippen LogP contribution in [0.2, 0.25) is 0 Å². The van der Waals surface area contributed by atoms with E-state index in [4.69, 9.17) is 10.5 Å². The Bertz CT molecular complexity index is 2040. The first-order chi connectivity index (χ1) is 23.0. The molecule has 3 N–H and O–H groups in total. The summed E-state index contributed by atoms with van der Waals surface area (Å²) in [6, 6.07) is 18.6. The largest absolute Gasteiger partial charge is 0.493 e. The Hall–Kier alpha value is -5.45. The lowest BCUT2D eigenvalue weighted by molar-refractivity contribution is -0.135. The Morgan fingerprint density at radius 3 is 2.38 bits per heavy atom. The Balaban J connectivity index is 1.29. The Labute approximate surface area is 277 Å². The fourth-order valence-electron chi connectivity index (χ4n) is 6.44. The Morgan fingerprint density at radius 2 is 1.73 bits per heavy atom. The lowest BCUT2D eigenvalue weighted by Gasteiger charge is -2.33. The molecule has 0 bridgehead atoms. The molecule has 3 aromatic carbocycles. The first kappa shape index (κ1) is 32.5. The number of pyridine rings is 1. The number of aryl methyl sites for hydroxylation is 1. The van der Waals surface area contributed by atoms with Crippen LogP contribution in [0, 0.1) is 11.7 Å². The Kier molecular flexibility index (Phi) is 9.03. The predicted molar refractivity (Wildman–Crippen MR) is 185 cm³/mol. The van der Waals surface area contributed by atoms with Crippen LogP contribution in [0.25, 0.3) is 27.7 Å². The summed E-state index contributed by atoms with van der Waals surface area (Å²) < 4.78 is 22.2. The van der Waals surface area contributed by atoms with Crippen LogP contribution in [-0.2, 0) is 11.8 Å². The number of amides is 2. The van der Waals surface area contributed by atoms with Gasteiger partial charge >= 0.3 is 0 Å². The van der Waals surface area contributed by atoms with E-state index in [1.165, 1.54) is 40.6 Å². The second-order valence-corrected chi connectivity index (χ2v) is 12.4. The first-order valence-electron chi connectivity index (χ1n) is 16.2. The number of fused-ring (bicyclic) bond motifs is 1. The van der Waals surface area contributed by atoms with Crippen LogP contribution in [0.5, 0.6) is 5.75 Å². The normalized spacial score (nSPS) is 13.7. The number of halogens is 1. The second kappa shape index (κ2) is 13.3. The molecule has 6 rings (SSSR count). The van der Waals surface area contributed by atoms with Gasteiger partial charge in [0.2, 0.25) is 5.91 Å². The quantitative estimate of drug-likeness (QED) is 0.208. The lowest BCUT2D eigenvalue weighted by Crippen LogP contribution is -2.40. The fraction of sp³-hybridized carbons (Fsp3) is 0.297. The van der Waals surface area contributed by atoms with Crippen LogP contribution < -0.4 is 21.3 Å². The maximum Gasteiger partial charge on any atom is 0.271 e. The summed E-state index contributed by atoms with van der Waals surface area (Å²) in [5, 5.41) is 8.18. The highest BCUT2D eigenvalue weighted by atomic mass is 19.1. The molecule has 11 heteroatoms. The molecular weight excluding hydrogens is 611 g/mol. The minimum atomic E-state index is -0.629. The lowest BCUT2D eigenvalue weighted by atomic mass is 9.86. The predicted octanol–water partition coefficient (Wildman–Crippen LogP) is 6.13. The molecule has 248 valence electrons. The number of nitrogens with one attached hydrogen (secondary N) is 1. The van der Waals surface area contributed by atoms with Crippen molar-refractivity contribution in [1.82, 2.24) is 19.2 Å². The van der Waals surface area contributed by atoms with E-state index in [9.17, 15) is 18.8 Å². The van der Waals surface area contributed by atoms with E-state index in [0.717, 1.165) is 48.0 Å². The molecule has 0 radical (unpaired) electrons. The van der Waals surface area contributed by atoms with Crippen molar-refractivity contribution in [2.24, 2.45) is 13.0 Å². The van der Waals surface area contributed by atoms with Gasteiger partial charge in [0.15, 0.2) is 5.82 Å². The van der Waals surface area contributed by atoms with Crippen LogP contribution >= 0.6 is 0 Å². The topological polar surface area (TPSA) is 124 Å². The molecule has 0 saturated carbocycles. The van der Waals surface area contributed by atoms with Gasteiger partial charge in [0.05, 0.1) is 17.5 Å². The smallest absolute Gasteiger partial charge is 0.271 e. The Morgan fingerprint density at radius 1 is 1.04 bits per heavy atom. The number of likely N-dealkylation sites (tertiary alicyclic amines) is 1. The highest BCUT2D eigenvalue weighted by Crippen LogP contribution is 2.38. The van der Waals surface area contributed by atoms with Gasteiger partial charge in [-0.2, -0.15) is 5.10 Å². The van der Waals surface area contributed by atoms with Crippen molar-refractivity contribution >= 4 is 34.2 Å². The molecule has 1 saturated heterocycles. The monoisotopic (exact) mass is 650 g/mol. The van der Waals surface area contributed by atoms with Crippen molar-refractivity contribution in [3.63, 3.8) is 0 Å². The summed E-state index contributed by atoms with van der Waals surface area (Å²) in [4.78, 5) is 41.6. The number of hydrogen-bond acceptors (Lipinski definition) is 6. The van der Waals surface area contributed by atoms with Gasteiger partial charge in [-0.3, -0.25) is 23.6 Å². The van der Waals surface area contributed by atoms with Crippen LogP contribution in [0.4, 0.5) is 15.9 Å². The summed E-state index contributed by atoms with van der Waals surface area (Å²) in [6.45, 7) is 7.34. The van der Waals surface area contributed by atoms with E-state index in [1.807, 2.05) is 37.9 Å². The molecule has 0 unspecified atom stereocenters. The SMILES string of the molecule is CCOc1ccn(-c2ccc(F)cc2)c(=O)c1C(=O)Nc1ccc(-c2cc(C3CCN(C(=O)C(C)C)CC3)cc3c2c(N)nn3C)cc1. The molecule has 0 spiro atoms. The van der Waals surface area contributed by atoms with Crippen molar-refractivity contribution in [3.8, 4) is 22.6 Å². The number of nitrogen functional groups attached to an aromatic ring is 1. The molecule has 2 aromatic heterocycles. The van der Waals surface area contributed by atoms with Gasteiger partial charge in [-0.1, -0.05) is 26.0 Å². The number of carbonyl (C=O) groups excluding carboxylic acids is 2. The molecule has 3 heterocycles. The number of rotatable bonds is 8. The third-order valence-electron chi connectivity index (χ3n) is 8.91. The van der Waals surface area contributed by atoms with Crippen molar-refractivity contribution in [2.45, 2.75) is 39.5 Å². The van der Waals surface area contributed by atoms with Gasteiger partial charge in [0.1, 0.15) is 17.1 Å². The number of aromatic nitrogens is 3. The summed E-state index contributed by atoms with van der Waals surface area (Å²) in [6.07, 6.45) is 3.24. The molecular formula is C37H39FN6O4. The highest BCUT2D eigenvalue weighted by molar-refractivity contribution is 6.06. The molecule has 0 atom stereocenters. The molecule has 10 nitrogen and oxygen atoms in total. The third-order valence-corrected chi connectivity index (χ3v) is 8.91. The van der Waals surface area contributed by atoms with Crippen molar-refractivity contribution < 1.29 is 18.7 Å². The van der Waals surface area contributed by atoms with E-state index in [1.54, 1.807) is 29.8 Å². The number of ether oxygens (including phenoxy) is 1. The van der Waals surface area contributed by atoms with Gasteiger partial charge in [0.25, 0.3) is 11.5 Å². The molecule has 1 fully saturated rings. The highest BCUT2D eigenvalue weighted by Gasteiger charge is 2.27. The van der Waals surface area contributed by atoms with Gasteiger partial charge in [-0.25, -0.2) is 4.39 Å². The van der Waals surface area contributed by atoms with Gasteiger partial charge in [-0.05, 0) is 97.0 Å². The molecule has 0 aliphatic carbocycles. The van der Waals surface area contributed by atoms with Crippen LogP contribution in [-0.4, -0.2) is 50.8 Å². The number of nitrogens with zero attached hydrogens (tertiary/aromatic N) is 4. The van der Waals surface area contributed by atoms with E-state index < -0.39 is 17.3 Å². The number of hydrogen-bond donors (Lipinski definition) is 2. The summed E-state index contributed by atoms with van der Waals surface area (Å²) in [5.41, 5.74) is 10.5. The number of benzene rings is 3. The average Bonchev–Trinajstić information content (AvgIpc) is 3.37. The van der Waals surface area contributed by atoms with Crippen LogP contribution in [0.1, 0.15) is 55.5 Å². The molecule has 1 aliphatic rings. The van der Waals surface area contributed by atoms with E-state index >= 15 is 0 Å². The summed E-state index contributed by atoms with van der Waals surface area (Å²) >= 11 is 0. The standard InChI is InChI=1S/C37H39FN6O4/c1-5-48-31-16-19-44(28-12-8-26(38)9-13-28)37(47)33(31)35(45)40-27-10-6-24(7-11-27)29-20-25(21-30-32(29)34(39)41-42(30)4)23-14-17-43(18-15-23)36(46)22(2)3/h6-13,16,19-23H,5,14-15,17-18H2,1-4H3,(H2,39,41)(H,40,45). The van der Waals surface area contributed by atoms with Crippen molar-refractivity contribution in [2.75, 3.05) is 30.7 Å². The van der Waals surface area contributed by atoms with Crippen LogP contribution in [0.3, 0.4) is 0 Å². The zero-order valence-electron chi connectivity index (χ0n) is 27.5.